The fourth-order valence-electron chi connectivity index (χ4n) is 1.32. The van der Waals surface area contributed by atoms with Crippen LogP contribution in [0.4, 0.5) is 0 Å². The highest BCUT2D eigenvalue weighted by Gasteiger charge is 2.19. The number of esters is 2. The number of carbonyl (C=O) groups is 2. The minimum absolute atomic E-state index is 0.0120. The fourth-order valence-corrected chi connectivity index (χ4v) is 1.32. The van der Waals surface area contributed by atoms with E-state index in [-0.39, 0.29) is 6.61 Å². The molecule has 0 aliphatic carbocycles. The first kappa shape index (κ1) is 12.4. The lowest BCUT2D eigenvalue weighted by Gasteiger charge is -2.18. The van der Waals surface area contributed by atoms with E-state index in [2.05, 4.69) is 4.99 Å². The molecular weight excluding hydrogens is 210 g/mol. The number of aliphatic imine (C=N–C) groups is 1. The van der Waals surface area contributed by atoms with Crippen molar-refractivity contribution in [3.8, 4) is 0 Å². The van der Waals surface area contributed by atoms with Gasteiger partial charge in [-0.15, -0.1) is 0 Å². The molecule has 1 aliphatic rings. The molecule has 5 heteroatoms. The van der Waals surface area contributed by atoms with Crippen LogP contribution in [0.5, 0.6) is 0 Å². The van der Waals surface area contributed by atoms with Gasteiger partial charge in [0, 0.05) is 20.1 Å². The number of hydrogen-bond acceptors (Lipinski definition) is 5. The zero-order valence-corrected chi connectivity index (χ0v) is 9.43. The Hall–Kier alpha value is -1.65. The van der Waals surface area contributed by atoms with Crippen LogP contribution in [0.1, 0.15) is 26.7 Å². The molecule has 0 saturated heterocycles. The molecule has 0 fully saturated rings. The van der Waals surface area contributed by atoms with Gasteiger partial charge in [-0.1, -0.05) is 6.08 Å². The third kappa shape index (κ3) is 4.25. The van der Waals surface area contributed by atoms with Gasteiger partial charge in [0.1, 0.15) is 6.61 Å². The van der Waals surface area contributed by atoms with Crippen molar-refractivity contribution in [3.63, 3.8) is 0 Å². The third-order valence-electron chi connectivity index (χ3n) is 1.97. The van der Waals surface area contributed by atoms with Gasteiger partial charge in [-0.3, -0.25) is 14.6 Å². The van der Waals surface area contributed by atoms with Crippen molar-refractivity contribution in [1.82, 2.24) is 0 Å². The van der Waals surface area contributed by atoms with E-state index in [0.29, 0.717) is 5.70 Å². The van der Waals surface area contributed by atoms with Crippen LogP contribution in [0.2, 0.25) is 0 Å². The summed E-state index contributed by atoms with van der Waals surface area (Å²) in [5, 5.41) is 0. The van der Waals surface area contributed by atoms with Crippen molar-refractivity contribution < 1.29 is 19.1 Å². The first-order valence-corrected chi connectivity index (χ1v) is 5.12. The second kappa shape index (κ2) is 6.05. The van der Waals surface area contributed by atoms with Gasteiger partial charge in [-0.2, -0.15) is 0 Å². The molecule has 1 heterocycles. The number of nitrogens with zero attached hydrogens (tertiary/aromatic N) is 1. The Morgan fingerprint density at radius 2 is 2.12 bits per heavy atom. The minimum atomic E-state index is -0.599. The molecule has 0 saturated carbocycles. The quantitative estimate of drug-likeness (QED) is 0.675. The molecule has 0 aromatic heterocycles. The minimum Gasteiger partial charge on any atom is -0.461 e. The van der Waals surface area contributed by atoms with Gasteiger partial charge < -0.3 is 9.47 Å². The molecule has 0 N–H and O–H groups in total. The topological polar surface area (TPSA) is 65.0 Å². The molecule has 1 unspecified atom stereocenters. The molecule has 0 bridgehead atoms. The summed E-state index contributed by atoms with van der Waals surface area (Å²) in [4.78, 5) is 25.7. The van der Waals surface area contributed by atoms with Crippen LogP contribution in [-0.2, 0) is 19.1 Å². The number of allylic oxidation sites excluding steroid dienone is 1. The van der Waals surface area contributed by atoms with Crippen LogP contribution in [0, 0.1) is 0 Å². The summed E-state index contributed by atoms with van der Waals surface area (Å²) in [5.41, 5.74) is 0.641. The van der Waals surface area contributed by atoms with Crippen molar-refractivity contribution in [2.45, 2.75) is 32.8 Å². The number of hydrogen-bond donors (Lipinski definition) is 0. The van der Waals surface area contributed by atoms with Gasteiger partial charge in [-0.25, -0.2) is 0 Å². The van der Waals surface area contributed by atoms with Crippen molar-refractivity contribution in [2.75, 3.05) is 6.61 Å². The molecule has 16 heavy (non-hydrogen) atoms. The number of rotatable bonds is 4. The zero-order valence-electron chi connectivity index (χ0n) is 9.43. The fraction of sp³-hybridized carbons (Fsp3) is 0.545. The Labute approximate surface area is 94.1 Å². The summed E-state index contributed by atoms with van der Waals surface area (Å²) in [6, 6.07) is 0. The maximum absolute atomic E-state index is 10.9. The summed E-state index contributed by atoms with van der Waals surface area (Å²) < 4.78 is 9.87. The second-order valence-electron chi connectivity index (χ2n) is 3.42. The molecule has 0 aromatic rings. The van der Waals surface area contributed by atoms with Crippen LogP contribution in [0.3, 0.4) is 0 Å². The van der Waals surface area contributed by atoms with E-state index in [1.165, 1.54) is 13.8 Å². The van der Waals surface area contributed by atoms with Crippen molar-refractivity contribution in [1.29, 1.82) is 0 Å². The van der Waals surface area contributed by atoms with Crippen LogP contribution >= 0.6 is 0 Å². The average Bonchev–Trinajstić information content (AvgIpc) is 2.25. The predicted molar refractivity (Wildman–Crippen MR) is 58.0 cm³/mol. The molecule has 0 amide bonds. The predicted octanol–water partition coefficient (Wildman–Crippen LogP) is 1.23. The number of carbonyl (C=O) groups excluding carboxylic acids is 2. The van der Waals surface area contributed by atoms with Crippen LogP contribution in [-0.4, -0.2) is 30.9 Å². The number of ether oxygens (including phenoxy) is 2. The van der Waals surface area contributed by atoms with Crippen LogP contribution in [0.25, 0.3) is 0 Å². The first-order valence-electron chi connectivity index (χ1n) is 5.12. The highest BCUT2D eigenvalue weighted by atomic mass is 16.6. The van der Waals surface area contributed by atoms with Crippen molar-refractivity contribution in [3.05, 3.63) is 11.8 Å². The normalized spacial score (nSPS) is 16.2. The largest absolute Gasteiger partial charge is 0.461 e. The SMILES string of the molecule is CC(=O)OCC(OC(C)=O)C1=CCCC=N1. The third-order valence-corrected chi connectivity index (χ3v) is 1.97. The molecule has 88 valence electrons. The van der Waals surface area contributed by atoms with E-state index in [0.717, 1.165) is 12.8 Å². The van der Waals surface area contributed by atoms with E-state index in [4.69, 9.17) is 9.47 Å². The first-order chi connectivity index (χ1) is 7.59. The Morgan fingerprint density at radius 1 is 1.38 bits per heavy atom. The molecule has 0 spiro atoms. The molecular formula is C11H15NO4. The van der Waals surface area contributed by atoms with E-state index in [9.17, 15) is 9.59 Å². The van der Waals surface area contributed by atoms with Gasteiger partial charge in [0.25, 0.3) is 0 Å². The van der Waals surface area contributed by atoms with Gasteiger partial charge >= 0.3 is 11.9 Å². The van der Waals surface area contributed by atoms with Crippen molar-refractivity contribution in [2.24, 2.45) is 4.99 Å². The standard InChI is InChI=1S/C11H15NO4/c1-8(13)15-7-11(16-9(2)14)10-5-3-4-6-12-10/h5-6,11H,3-4,7H2,1-2H3. The Bertz CT molecular complexity index is 333. The lowest BCUT2D eigenvalue weighted by molar-refractivity contribution is -0.154. The summed E-state index contributed by atoms with van der Waals surface area (Å²) in [6.45, 7) is 2.63. The maximum Gasteiger partial charge on any atom is 0.303 e. The van der Waals surface area contributed by atoms with Gasteiger partial charge in [0.2, 0.25) is 0 Å². The highest BCUT2D eigenvalue weighted by Crippen LogP contribution is 2.14. The Balaban J connectivity index is 2.62. The lowest BCUT2D eigenvalue weighted by Crippen LogP contribution is -2.25. The molecule has 0 radical (unpaired) electrons. The summed E-state index contributed by atoms with van der Waals surface area (Å²) in [7, 11) is 0. The van der Waals surface area contributed by atoms with Crippen molar-refractivity contribution >= 4 is 18.2 Å². The monoisotopic (exact) mass is 225 g/mol. The van der Waals surface area contributed by atoms with E-state index in [1.54, 1.807) is 6.21 Å². The summed E-state index contributed by atoms with van der Waals surface area (Å²) in [6.07, 6.45) is 4.79. The van der Waals surface area contributed by atoms with Gasteiger partial charge in [0.05, 0.1) is 5.70 Å². The summed E-state index contributed by atoms with van der Waals surface area (Å²) in [5.74, 6) is -0.823. The Kier molecular flexibility index (Phi) is 4.69. The average molecular weight is 225 g/mol. The lowest BCUT2D eigenvalue weighted by atomic mass is 10.1. The summed E-state index contributed by atoms with van der Waals surface area (Å²) >= 11 is 0. The second-order valence-corrected chi connectivity index (χ2v) is 3.42. The smallest absolute Gasteiger partial charge is 0.303 e. The molecule has 1 aliphatic heterocycles. The molecule has 5 nitrogen and oxygen atoms in total. The van der Waals surface area contributed by atoms with Crippen LogP contribution < -0.4 is 0 Å². The molecule has 1 atom stereocenters. The van der Waals surface area contributed by atoms with Gasteiger partial charge in [0.15, 0.2) is 6.10 Å². The Morgan fingerprint density at radius 3 is 2.62 bits per heavy atom. The molecule has 0 aromatic carbocycles. The maximum atomic E-state index is 10.9. The van der Waals surface area contributed by atoms with E-state index >= 15 is 0 Å². The molecule has 1 rings (SSSR count). The van der Waals surface area contributed by atoms with Crippen LogP contribution in [0.15, 0.2) is 16.8 Å². The van der Waals surface area contributed by atoms with Gasteiger partial charge in [-0.05, 0) is 12.8 Å². The zero-order chi connectivity index (χ0) is 12.0. The van der Waals surface area contributed by atoms with E-state index < -0.39 is 18.0 Å². The van der Waals surface area contributed by atoms with E-state index in [1.807, 2.05) is 6.08 Å². The highest BCUT2D eigenvalue weighted by molar-refractivity contribution is 5.68.